The molecule has 2 aromatic heterocycles. The van der Waals surface area contributed by atoms with Gasteiger partial charge in [-0.25, -0.2) is 0 Å². The SMILES string of the molecule is Cc1ccc(-n2ccc(C#N)c2C(=O)NCCc2ccccn2)c(C)c1. The molecule has 0 bridgehead atoms. The normalized spacial score (nSPS) is 10.3. The van der Waals surface area contributed by atoms with E-state index in [1.807, 2.05) is 44.2 Å². The first-order valence-corrected chi connectivity index (χ1v) is 8.47. The molecule has 3 rings (SSSR count). The van der Waals surface area contributed by atoms with Crippen LogP contribution in [-0.2, 0) is 6.42 Å². The summed E-state index contributed by atoms with van der Waals surface area (Å²) in [4.78, 5) is 17.0. The largest absolute Gasteiger partial charge is 0.350 e. The highest BCUT2D eigenvalue weighted by atomic mass is 16.1. The Morgan fingerprint density at radius 3 is 2.77 bits per heavy atom. The van der Waals surface area contributed by atoms with Crippen LogP contribution in [0.15, 0.2) is 54.9 Å². The highest BCUT2D eigenvalue weighted by Gasteiger charge is 2.18. The molecular formula is C21H20N4O. The fourth-order valence-corrected chi connectivity index (χ4v) is 2.96. The lowest BCUT2D eigenvalue weighted by molar-refractivity contribution is 0.0947. The van der Waals surface area contributed by atoms with E-state index in [9.17, 15) is 10.1 Å². The maximum Gasteiger partial charge on any atom is 0.269 e. The lowest BCUT2D eigenvalue weighted by atomic mass is 10.1. The molecule has 0 saturated carbocycles. The van der Waals surface area contributed by atoms with E-state index in [4.69, 9.17) is 0 Å². The molecule has 0 unspecified atom stereocenters. The van der Waals surface area contributed by atoms with Crippen molar-refractivity contribution in [2.75, 3.05) is 6.54 Å². The van der Waals surface area contributed by atoms with E-state index < -0.39 is 0 Å². The Hall–Kier alpha value is -3.39. The van der Waals surface area contributed by atoms with Gasteiger partial charge in [0.25, 0.3) is 5.91 Å². The predicted molar refractivity (Wildman–Crippen MR) is 100 cm³/mol. The van der Waals surface area contributed by atoms with Gasteiger partial charge in [-0.3, -0.25) is 9.78 Å². The third-order valence-electron chi connectivity index (χ3n) is 4.23. The molecule has 3 aromatic rings. The molecule has 5 nitrogen and oxygen atoms in total. The molecule has 1 N–H and O–H groups in total. The number of aryl methyl sites for hydroxylation is 2. The summed E-state index contributed by atoms with van der Waals surface area (Å²) in [6, 6.07) is 15.5. The predicted octanol–water partition coefficient (Wildman–Crippen LogP) is 3.33. The molecule has 5 heteroatoms. The minimum Gasteiger partial charge on any atom is -0.350 e. The number of amides is 1. The van der Waals surface area contributed by atoms with Crippen LogP contribution >= 0.6 is 0 Å². The summed E-state index contributed by atoms with van der Waals surface area (Å²) in [7, 11) is 0. The van der Waals surface area contributed by atoms with E-state index in [1.54, 1.807) is 23.0 Å². The van der Waals surface area contributed by atoms with E-state index in [0.29, 0.717) is 24.2 Å². The number of aromatic nitrogens is 2. The van der Waals surface area contributed by atoms with Crippen molar-refractivity contribution in [1.29, 1.82) is 5.26 Å². The molecule has 0 aliphatic carbocycles. The Kier molecular flexibility index (Phi) is 5.14. The van der Waals surface area contributed by atoms with Crippen molar-refractivity contribution in [3.05, 3.63) is 82.9 Å². The second kappa shape index (κ2) is 7.66. The van der Waals surface area contributed by atoms with E-state index >= 15 is 0 Å². The molecule has 130 valence electrons. The monoisotopic (exact) mass is 344 g/mol. The van der Waals surface area contributed by atoms with Crippen molar-refractivity contribution in [2.24, 2.45) is 0 Å². The number of rotatable bonds is 5. The van der Waals surface area contributed by atoms with Crippen molar-refractivity contribution in [3.8, 4) is 11.8 Å². The van der Waals surface area contributed by atoms with E-state index in [0.717, 1.165) is 22.5 Å². The standard InChI is InChI=1S/C21H20N4O/c1-15-6-7-19(16(2)13-15)25-12-9-17(14-22)20(25)21(26)24-11-8-18-5-3-4-10-23-18/h3-7,9-10,12-13H,8,11H2,1-2H3,(H,24,26). The van der Waals surface area contributed by atoms with Gasteiger partial charge in [-0.15, -0.1) is 0 Å². The van der Waals surface area contributed by atoms with Gasteiger partial charge in [-0.2, -0.15) is 5.26 Å². The molecule has 0 radical (unpaired) electrons. The fraction of sp³-hybridized carbons (Fsp3) is 0.190. The third-order valence-corrected chi connectivity index (χ3v) is 4.23. The zero-order valence-corrected chi connectivity index (χ0v) is 14.9. The van der Waals surface area contributed by atoms with Gasteiger partial charge in [0.1, 0.15) is 11.8 Å². The van der Waals surface area contributed by atoms with Gasteiger partial charge in [0.05, 0.1) is 5.56 Å². The lowest BCUT2D eigenvalue weighted by Gasteiger charge is -2.13. The Morgan fingerprint density at radius 2 is 2.08 bits per heavy atom. The number of carbonyl (C=O) groups excluding carboxylic acids is 1. The number of benzene rings is 1. The smallest absolute Gasteiger partial charge is 0.269 e. The number of hydrogen-bond acceptors (Lipinski definition) is 3. The minimum atomic E-state index is -0.262. The summed E-state index contributed by atoms with van der Waals surface area (Å²) in [6.07, 6.45) is 4.14. The number of nitrogens with zero attached hydrogens (tertiary/aromatic N) is 3. The Morgan fingerprint density at radius 1 is 1.23 bits per heavy atom. The molecule has 0 aliphatic heterocycles. The highest BCUT2D eigenvalue weighted by molar-refractivity contribution is 5.96. The number of hydrogen-bond donors (Lipinski definition) is 1. The summed E-state index contributed by atoms with van der Waals surface area (Å²) >= 11 is 0. The van der Waals surface area contributed by atoms with Gasteiger partial charge in [0, 0.05) is 36.7 Å². The number of nitriles is 1. The van der Waals surface area contributed by atoms with E-state index in [1.165, 1.54) is 0 Å². The first-order valence-electron chi connectivity index (χ1n) is 8.47. The Labute approximate surface area is 152 Å². The maximum atomic E-state index is 12.7. The molecule has 0 atom stereocenters. The van der Waals surface area contributed by atoms with Gasteiger partial charge in [-0.1, -0.05) is 23.8 Å². The topological polar surface area (TPSA) is 70.7 Å². The molecule has 1 amide bonds. The molecule has 0 spiro atoms. The second-order valence-corrected chi connectivity index (χ2v) is 6.18. The summed E-state index contributed by atoms with van der Waals surface area (Å²) in [5, 5.41) is 12.3. The molecule has 0 saturated heterocycles. The summed E-state index contributed by atoms with van der Waals surface area (Å²) < 4.78 is 1.78. The van der Waals surface area contributed by atoms with Gasteiger partial charge in [-0.05, 0) is 43.7 Å². The van der Waals surface area contributed by atoms with Crippen LogP contribution in [0.1, 0.15) is 32.9 Å². The second-order valence-electron chi connectivity index (χ2n) is 6.18. The summed E-state index contributed by atoms with van der Waals surface area (Å²) in [6.45, 7) is 4.48. The van der Waals surface area contributed by atoms with Crippen molar-refractivity contribution >= 4 is 5.91 Å². The van der Waals surface area contributed by atoms with Gasteiger partial charge < -0.3 is 9.88 Å². The van der Waals surface area contributed by atoms with Gasteiger partial charge in [0.2, 0.25) is 0 Å². The maximum absolute atomic E-state index is 12.7. The van der Waals surface area contributed by atoms with Crippen LogP contribution < -0.4 is 5.32 Å². The Bertz CT molecular complexity index is 967. The molecular weight excluding hydrogens is 324 g/mol. The number of carbonyl (C=O) groups is 1. The molecule has 26 heavy (non-hydrogen) atoms. The van der Waals surface area contributed by atoms with Crippen LogP contribution in [0.25, 0.3) is 5.69 Å². The van der Waals surface area contributed by atoms with Crippen molar-refractivity contribution in [1.82, 2.24) is 14.9 Å². The first kappa shape index (κ1) is 17.4. The van der Waals surface area contributed by atoms with Crippen molar-refractivity contribution < 1.29 is 4.79 Å². The minimum absolute atomic E-state index is 0.262. The average Bonchev–Trinajstić information content (AvgIpc) is 3.06. The lowest BCUT2D eigenvalue weighted by Crippen LogP contribution is -2.28. The zero-order valence-electron chi connectivity index (χ0n) is 14.9. The quantitative estimate of drug-likeness (QED) is 0.772. The fourth-order valence-electron chi connectivity index (χ4n) is 2.96. The van der Waals surface area contributed by atoms with Gasteiger partial charge >= 0.3 is 0 Å². The summed E-state index contributed by atoms with van der Waals surface area (Å²) in [5.74, 6) is -0.262. The molecule has 0 fully saturated rings. The Balaban J connectivity index is 1.83. The van der Waals surface area contributed by atoms with Crippen LogP contribution in [-0.4, -0.2) is 22.0 Å². The van der Waals surface area contributed by atoms with Crippen LogP contribution in [0.5, 0.6) is 0 Å². The van der Waals surface area contributed by atoms with Crippen LogP contribution in [0.3, 0.4) is 0 Å². The van der Waals surface area contributed by atoms with Crippen molar-refractivity contribution in [2.45, 2.75) is 20.3 Å². The molecule has 0 aliphatic rings. The van der Waals surface area contributed by atoms with Gasteiger partial charge in [0.15, 0.2) is 0 Å². The highest BCUT2D eigenvalue weighted by Crippen LogP contribution is 2.21. The summed E-state index contributed by atoms with van der Waals surface area (Å²) in [5.41, 5.74) is 4.73. The zero-order chi connectivity index (χ0) is 18.5. The number of pyridine rings is 1. The van der Waals surface area contributed by atoms with Crippen LogP contribution in [0, 0.1) is 25.2 Å². The van der Waals surface area contributed by atoms with E-state index in [2.05, 4.69) is 22.4 Å². The van der Waals surface area contributed by atoms with Crippen LogP contribution in [0.4, 0.5) is 0 Å². The van der Waals surface area contributed by atoms with Crippen LogP contribution in [0.2, 0.25) is 0 Å². The average molecular weight is 344 g/mol. The van der Waals surface area contributed by atoms with E-state index in [-0.39, 0.29) is 5.91 Å². The molecule has 2 heterocycles. The molecule has 1 aromatic carbocycles. The van der Waals surface area contributed by atoms with Crippen molar-refractivity contribution in [3.63, 3.8) is 0 Å². The number of nitrogens with one attached hydrogen (secondary N) is 1. The third kappa shape index (κ3) is 3.65. The first-order chi connectivity index (χ1) is 12.6.